The first-order valence-electron chi connectivity index (χ1n) is 6.54. The predicted octanol–water partition coefficient (Wildman–Crippen LogP) is 3.72. The van der Waals surface area contributed by atoms with E-state index in [1.165, 1.54) is 11.8 Å². The molecule has 0 aliphatic carbocycles. The SMILES string of the molecule is ONc1ccc(Sc2cccc3cccnc23)c2nonc12. The molecule has 0 amide bonds. The number of nitrogens with one attached hydrogen (secondary N) is 1. The molecule has 0 saturated heterocycles. The summed E-state index contributed by atoms with van der Waals surface area (Å²) in [6.45, 7) is 0. The van der Waals surface area contributed by atoms with Crippen LogP contribution >= 0.6 is 11.8 Å². The molecule has 2 aromatic carbocycles. The van der Waals surface area contributed by atoms with E-state index >= 15 is 0 Å². The number of hydrogen-bond acceptors (Lipinski definition) is 7. The van der Waals surface area contributed by atoms with Gasteiger partial charge in [-0.25, -0.2) is 4.63 Å². The third kappa shape index (κ3) is 2.07. The smallest absolute Gasteiger partial charge is 0.161 e. The minimum absolute atomic E-state index is 0.455. The van der Waals surface area contributed by atoms with Gasteiger partial charge in [0.25, 0.3) is 0 Å². The van der Waals surface area contributed by atoms with Crippen LogP contribution in [0.1, 0.15) is 0 Å². The van der Waals surface area contributed by atoms with Crippen LogP contribution in [0.3, 0.4) is 0 Å². The molecule has 2 heterocycles. The summed E-state index contributed by atoms with van der Waals surface area (Å²) in [5, 5.41) is 17.9. The average Bonchev–Trinajstić information content (AvgIpc) is 3.06. The Labute approximate surface area is 129 Å². The Morgan fingerprint density at radius 3 is 2.64 bits per heavy atom. The van der Waals surface area contributed by atoms with E-state index in [2.05, 4.69) is 20.8 Å². The van der Waals surface area contributed by atoms with Crippen molar-refractivity contribution in [2.24, 2.45) is 0 Å². The topological polar surface area (TPSA) is 84.1 Å². The van der Waals surface area contributed by atoms with Gasteiger partial charge in [0.15, 0.2) is 11.0 Å². The Hall–Kier alpha value is -2.64. The van der Waals surface area contributed by atoms with Crippen molar-refractivity contribution in [2.45, 2.75) is 9.79 Å². The third-order valence-electron chi connectivity index (χ3n) is 3.31. The van der Waals surface area contributed by atoms with Crippen LogP contribution in [0, 0.1) is 0 Å². The van der Waals surface area contributed by atoms with Gasteiger partial charge in [-0.2, -0.15) is 0 Å². The lowest BCUT2D eigenvalue weighted by atomic mass is 10.2. The van der Waals surface area contributed by atoms with E-state index in [1.807, 2.05) is 36.4 Å². The van der Waals surface area contributed by atoms with Crippen LogP contribution in [-0.4, -0.2) is 20.5 Å². The van der Waals surface area contributed by atoms with Crippen molar-refractivity contribution >= 4 is 39.4 Å². The van der Waals surface area contributed by atoms with Crippen LogP contribution in [0.15, 0.2) is 63.1 Å². The predicted molar refractivity (Wildman–Crippen MR) is 83.1 cm³/mol. The van der Waals surface area contributed by atoms with E-state index in [-0.39, 0.29) is 0 Å². The molecule has 0 unspecified atom stereocenters. The van der Waals surface area contributed by atoms with Gasteiger partial charge in [0.2, 0.25) is 0 Å². The van der Waals surface area contributed by atoms with E-state index in [4.69, 9.17) is 9.84 Å². The zero-order valence-electron chi connectivity index (χ0n) is 11.2. The lowest BCUT2D eigenvalue weighted by Gasteiger charge is -2.06. The van der Waals surface area contributed by atoms with Crippen molar-refractivity contribution in [3.8, 4) is 0 Å². The normalized spacial score (nSPS) is 11.1. The first-order chi connectivity index (χ1) is 10.9. The van der Waals surface area contributed by atoms with E-state index in [0.29, 0.717) is 16.7 Å². The maximum Gasteiger partial charge on any atom is 0.161 e. The molecule has 0 atom stereocenters. The summed E-state index contributed by atoms with van der Waals surface area (Å²) in [6, 6.07) is 13.6. The summed E-state index contributed by atoms with van der Waals surface area (Å²) in [4.78, 5) is 6.35. The third-order valence-corrected chi connectivity index (χ3v) is 4.41. The lowest BCUT2D eigenvalue weighted by molar-refractivity contribution is 0.314. The van der Waals surface area contributed by atoms with Gasteiger partial charge in [-0.3, -0.25) is 15.7 Å². The number of rotatable bonds is 3. The Bertz CT molecular complexity index is 965. The van der Waals surface area contributed by atoms with Crippen molar-refractivity contribution in [1.82, 2.24) is 15.3 Å². The highest BCUT2D eigenvalue weighted by molar-refractivity contribution is 7.99. The molecule has 2 aromatic heterocycles. The number of benzene rings is 2. The van der Waals surface area contributed by atoms with Gasteiger partial charge in [-0.1, -0.05) is 30.0 Å². The number of aromatic nitrogens is 3. The molecule has 4 rings (SSSR count). The Kier molecular flexibility index (Phi) is 3.14. The molecule has 7 heteroatoms. The molecule has 0 aliphatic rings. The Morgan fingerprint density at radius 1 is 0.909 bits per heavy atom. The fourth-order valence-electron chi connectivity index (χ4n) is 2.29. The second-order valence-electron chi connectivity index (χ2n) is 4.62. The van der Waals surface area contributed by atoms with Gasteiger partial charge in [0.1, 0.15) is 0 Å². The summed E-state index contributed by atoms with van der Waals surface area (Å²) >= 11 is 1.54. The molecule has 0 bridgehead atoms. The summed E-state index contributed by atoms with van der Waals surface area (Å²) < 4.78 is 4.79. The molecule has 0 saturated carbocycles. The zero-order chi connectivity index (χ0) is 14.9. The highest BCUT2D eigenvalue weighted by Crippen LogP contribution is 2.37. The van der Waals surface area contributed by atoms with Crippen LogP contribution in [0.4, 0.5) is 5.69 Å². The molecule has 108 valence electrons. The number of hydrogen-bond donors (Lipinski definition) is 2. The quantitative estimate of drug-likeness (QED) is 0.558. The van der Waals surface area contributed by atoms with E-state index in [9.17, 15) is 0 Å². The van der Waals surface area contributed by atoms with E-state index in [0.717, 1.165) is 20.7 Å². The van der Waals surface area contributed by atoms with Gasteiger partial charge in [0.05, 0.1) is 11.2 Å². The molecular formula is C15H10N4O2S. The maximum absolute atomic E-state index is 9.10. The van der Waals surface area contributed by atoms with E-state index in [1.54, 1.807) is 12.3 Å². The fourth-order valence-corrected chi connectivity index (χ4v) is 3.31. The number of pyridine rings is 1. The van der Waals surface area contributed by atoms with Crippen molar-refractivity contribution in [3.05, 3.63) is 48.7 Å². The Morgan fingerprint density at radius 2 is 1.73 bits per heavy atom. The Balaban J connectivity index is 1.85. The van der Waals surface area contributed by atoms with E-state index < -0.39 is 0 Å². The standard InChI is InChI=1S/C15H10N4O2S/c20-17-10-6-7-12(15-14(10)18-21-19-15)22-11-5-1-3-9-4-2-8-16-13(9)11/h1-8,17,20H. The molecule has 6 nitrogen and oxygen atoms in total. The number of anilines is 1. The van der Waals surface area contributed by atoms with Crippen molar-refractivity contribution in [1.29, 1.82) is 0 Å². The largest absolute Gasteiger partial charge is 0.291 e. The minimum Gasteiger partial charge on any atom is -0.291 e. The molecule has 0 fully saturated rings. The molecule has 0 aliphatic heterocycles. The van der Waals surface area contributed by atoms with Crippen LogP contribution in [-0.2, 0) is 0 Å². The minimum atomic E-state index is 0.455. The molecule has 0 radical (unpaired) electrons. The van der Waals surface area contributed by atoms with Crippen LogP contribution in [0.25, 0.3) is 21.9 Å². The summed E-state index contributed by atoms with van der Waals surface area (Å²) in [5.41, 5.74) is 4.56. The zero-order valence-corrected chi connectivity index (χ0v) is 12.0. The fraction of sp³-hybridized carbons (Fsp3) is 0. The number of nitrogens with zero attached hydrogens (tertiary/aromatic N) is 3. The average molecular weight is 310 g/mol. The van der Waals surface area contributed by atoms with Crippen molar-refractivity contribution < 1.29 is 9.84 Å². The second kappa shape index (κ2) is 5.28. The van der Waals surface area contributed by atoms with Crippen LogP contribution < -0.4 is 5.48 Å². The first kappa shape index (κ1) is 13.1. The highest BCUT2D eigenvalue weighted by Gasteiger charge is 2.13. The van der Waals surface area contributed by atoms with Crippen LogP contribution in [0.2, 0.25) is 0 Å². The molecule has 22 heavy (non-hydrogen) atoms. The highest BCUT2D eigenvalue weighted by atomic mass is 32.2. The lowest BCUT2D eigenvalue weighted by Crippen LogP contribution is -1.91. The molecule has 4 aromatic rings. The summed E-state index contributed by atoms with van der Waals surface area (Å²) in [5.74, 6) is 0. The number of fused-ring (bicyclic) bond motifs is 2. The van der Waals surface area contributed by atoms with Gasteiger partial charge < -0.3 is 0 Å². The molecular weight excluding hydrogens is 300 g/mol. The number of para-hydroxylation sites is 1. The molecule has 2 N–H and O–H groups in total. The maximum atomic E-state index is 9.10. The summed E-state index contributed by atoms with van der Waals surface area (Å²) in [6.07, 6.45) is 1.78. The second-order valence-corrected chi connectivity index (χ2v) is 5.70. The van der Waals surface area contributed by atoms with Crippen LogP contribution in [0.5, 0.6) is 0 Å². The van der Waals surface area contributed by atoms with Crippen molar-refractivity contribution in [3.63, 3.8) is 0 Å². The first-order valence-corrected chi connectivity index (χ1v) is 7.35. The van der Waals surface area contributed by atoms with Crippen molar-refractivity contribution in [2.75, 3.05) is 5.48 Å². The van der Waals surface area contributed by atoms with Gasteiger partial charge >= 0.3 is 0 Å². The van der Waals surface area contributed by atoms with Gasteiger partial charge in [0, 0.05) is 21.4 Å². The molecule has 0 spiro atoms. The monoisotopic (exact) mass is 310 g/mol. The van der Waals surface area contributed by atoms with Gasteiger partial charge in [-0.15, -0.1) is 0 Å². The summed E-state index contributed by atoms with van der Waals surface area (Å²) in [7, 11) is 0. The van der Waals surface area contributed by atoms with Gasteiger partial charge in [-0.05, 0) is 34.6 Å².